The number of nitrogens with zero attached hydrogens (tertiary/aromatic N) is 4. The summed E-state index contributed by atoms with van der Waals surface area (Å²) in [5.41, 5.74) is 0. The van der Waals surface area contributed by atoms with Gasteiger partial charge in [0.2, 0.25) is 5.82 Å². The Balaban J connectivity index is 1.54. The van der Waals surface area contributed by atoms with Crippen LogP contribution < -0.4 is 0 Å². The Morgan fingerprint density at radius 2 is 1.95 bits per heavy atom. The van der Waals surface area contributed by atoms with Gasteiger partial charge in [0.1, 0.15) is 5.82 Å². The Morgan fingerprint density at radius 3 is 2.62 bits per heavy atom. The van der Waals surface area contributed by atoms with Gasteiger partial charge in [-0.15, -0.1) is 5.10 Å². The second-order valence-electron chi connectivity index (χ2n) is 6.12. The van der Waals surface area contributed by atoms with Gasteiger partial charge >= 0.3 is 0 Å². The molecule has 1 amide bonds. The topological polar surface area (TPSA) is 65.1 Å². The van der Waals surface area contributed by atoms with Crippen LogP contribution in [0.2, 0.25) is 0 Å². The third-order valence-corrected chi connectivity index (χ3v) is 4.65. The number of carbonyl (C=O) groups excluding carboxylic acids is 1. The van der Waals surface area contributed by atoms with Gasteiger partial charge in [0.15, 0.2) is 0 Å². The summed E-state index contributed by atoms with van der Waals surface area (Å²) in [6.07, 6.45) is 7.23. The molecule has 0 atom stereocenters. The highest BCUT2D eigenvalue weighted by Crippen LogP contribution is 2.24. The van der Waals surface area contributed by atoms with Crippen molar-refractivity contribution in [3.63, 3.8) is 0 Å². The number of carbonyl (C=O) groups is 1. The smallest absolute Gasteiger partial charge is 0.293 e. The number of aromatic nitrogens is 3. The Bertz CT molecular complexity index is 472. The van der Waals surface area contributed by atoms with Crippen molar-refractivity contribution in [2.24, 2.45) is 0 Å². The third kappa shape index (κ3) is 3.26. The molecule has 116 valence electrons. The molecular weight excluding hydrogens is 266 g/mol. The van der Waals surface area contributed by atoms with Gasteiger partial charge in [0, 0.05) is 38.6 Å². The molecule has 1 saturated heterocycles. The van der Waals surface area contributed by atoms with E-state index in [1.807, 2.05) is 4.90 Å². The van der Waals surface area contributed by atoms with Crippen molar-refractivity contribution < 1.29 is 4.79 Å². The molecule has 6 nitrogen and oxygen atoms in total. The predicted octanol–water partition coefficient (Wildman–Crippen LogP) is 1.46. The lowest BCUT2D eigenvalue weighted by Crippen LogP contribution is -2.51. The summed E-state index contributed by atoms with van der Waals surface area (Å²) in [7, 11) is 0. The van der Waals surface area contributed by atoms with Crippen molar-refractivity contribution in [3.05, 3.63) is 11.6 Å². The molecule has 1 saturated carbocycles. The average Bonchev–Trinajstić information content (AvgIpc) is 3.19. The minimum atomic E-state index is -0.0281. The lowest BCUT2D eigenvalue weighted by Gasteiger charge is -2.37. The molecule has 2 aliphatic rings. The van der Waals surface area contributed by atoms with E-state index in [0.29, 0.717) is 5.82 Å². The van der Waals surface area contributed by atoms with Crippen LogP contribution in [-0.2, 0) is 6.42 Å². The molecule has 1 aliphatic heterocycles. The zero-order chi connectivity index (χ0) is 14.7. The summed E-state index contributed by atoms with van der Waals surface area (Å²) >= 11 is 0. The number of hydrogen-bond donors (Lipinski definition) is 1. The number of hydrogen-bond acceptors (Lipinski definition) is 4. The standard InChI is InChI=1S/C15H25N5O/c1-2-5-13-16-14(18-17-13)15(21)20-10-8-19(9-11-20)12-6-3-4-7-12/h12H,2-11H2,1H3,(H,16,17,18). The van der Waals surface area contributed by atoms with E-state index in [1.165, 1.54) is 25.7 Å². The van der Waals surface area contributed by atoms with Crippen LogP contribution in [0.3, 0.4) is 0 Å². The van der Waals surface area contributed by atoms with Gasteiger partial charge < -0.3 is 4.90 Å². The van der Waals surface area contributed by atoms with Crippen LogP contribution in [-0.4, -0.2) is 63.1 Å². The first-order valence-corrected chi connectivity index (χ1v) is 8.22. The fourth-order valence-corrected chi connectivity index (χ4v) is 3.44. The summed E-state index contributed by atoms with van der Waals surface area (Å²) in [5.74, 6) is 1.11. The fraction of sp³-hybridized carbons (Fsp3) is 0.800. The Hall–Kier alpha value is -1.43. The maximum atomic E-state index is 12.4. The molecule has 1 N–H and O–H groups in total. The van der Waals surface area contributed by atoms with E-state index >= 15 is 0 Å². The zero-order valence-corrected chi connectivity index (χ0v) is 12.8. The third-order valence-electron chi connectivity index (χ3n) is 4.65. The van der Waals surface area contributed by atoms with E-state index in [-0.39, 0.29) is 5.91 Å². The molecule has 3 rings (SSSR count). The van der Waals surface area contributed by atoms with Gasteiger partial charge in [0.05, 0.1) is 0 Å². The van der Waals surface area contributed by atoms with Crippen LogP contribution >= 0.6 is 0 Å². The highest BCUT2D eigenvalue weighted by atomic mass is 16.2. The van der Waals surface area contributed by atoms with E-state index in [1.54, 1.807) is 0 Å². The van der Waals surface area contributed by atoms with Crippen LogP contribution in [0.25, 0.3) is 0 Å². The van der Waals surface area contributed by atoms with Crippen molar-refractivity contribution in [3.8, 4) is 0 Å². The van der Waals surface area contributed by atoms with E-state index in [0.717, 1.165) is 50.9 Å². The Labute approximate surface area is 125 Å². The average molecular weight is 291 g/mol. The molecule has 1 aromatic heterocycles. The summed E-state index contributed by atoms with van der Waals surface area (Å²) in [4.78, 5) is 21.2. The van der Waals surface area contributed by atoms with E-state index in [4.69, 9.17) is 0 Å². The van der Waals surface area contributed by atoms with E-state index in [9.17, 15) is 4.79 Å². The molecule has 0 unspecified atom stereocenters. The molecule has 21 heavy (non-hydrogen) atoms. The van der Waals surface area contributed by atoms with Crippen molar-refractivity contribution in [2.45, 2.75) is 51.5 Å². The van der Waals surface area contributed by atoms with Crippen LogP contribution in [0.4, 0.5) is 0 Å². The second-order valence-corrected chi connectivity index (χ2v) is 6.12. The minimum Gasteiger partial charge on any atom is -0.333 e. The molecular formula is C15H25N5O. The number of aromatic amines is 1. The SMILES string of the molecule is CCCc1nc(C(=O)N2CCN(C3CCCC3)CC2)n[nH]1. The maximum Gasteiger partial charge on any atom is 0.293 e. The highest BCUT2D eigenvalue weighted by Gasteiger charge is 2.29. The zero-order valence-electron chi connectivity index (χ0n) is 12.8. The van der Waals surface area contributed by atoms with Crippen LogP contribution in [0.1, 0.15) is 55.5 Å². The number of amides is 1. The molecule has 2 fully saturated rings. The molecule has 0 spiro atoms. The number of rotatable bonds is 4. The van der Waals surface area contributed by atoms with Crippen LogP contribution in [0.5, 0.6) is 0 Å². The summed E-state index contributed by atoms with van der Waals surface area (Å²) in [6, 6.07) is 0.752. The molecule has 1 aromatic rings. The van der Waals surface area contributed by atoms with Gasteiger partial charge in [-0.1, -0.05) is 19.8 Å². The predicted molar refractivity (Wildman–Crippen MR) is 80.1 cm³/mol. The minimum absolute atomic E-state index is 0.0281. The Morgan fingerprint density at radius 1 is 1.24 bits per heavy atom. The van der Waals surface area contributed by atoms with Crippen LogP contribution in [0.15, 0.2) is 0 Å². The molecule has 0 radical (unpaired) electrons. The van der Waals surface area contributed by atoms with Crippen molar-refractivity contribution in [2.75, 3.05) is 26.2 Å². The summed E-state index contributed by atoms with van der Waals surface area (Å²) in [6.45, 7) is 5.66. The highest BCUT2D eigenvalue weighted by molar-refractivity contribution is 5.90. The second kappa shape index (κ2) is 6.56. The lowest BCUT2D eigenvalue weighted by molar-refractivity contribution is 0.0562. The van der Waals surface area contributed by atoms with Crippen LogP contribution in [0, 0.1) is 0 Å². The lowest BCUT2D eigenvalue weighted by atomic mass is 10.2. The summed E-state index contributed by atoms with van der Waals surface area (Å²) < 4.78 is 0. The van der Waals surface area contributed by atoms with E-state index < -0.39 is 0 Å². The quantitative estimate of drug-likeness (QED) is 0.912. The molecule has 0 aromatic carbocycles. The number of piperazine rings is 1. The largest absolute Gasteiger partial charge is 0.333 e. The van der Waals surface area contributed by atoms with Gasteiger partial charge in [0.25, 0.3) is 5.91 Å². The van der Waals surface area contributed by atoms with Crippen molar-refractivity contribution in [1.82, 2.24) is 25.0 Å². The fourth-order valence-electron chi connectivity index (χ4n) is 3.44. The maximum absolute atomic E-state index is 12.4. The van der Waals surface area contributed by atoms with Gasteiger partial charge in [-0.05, 0) is 19.3 Å². The molecule has 2 heterocycles. The van der Waals surface area contributed by atoms with Crippen molar-refractivity contribution >= 4 is 5.91 Å². The first-order chi connectivity index (χ1) is 10.3. The first-order valence-electron chi connectivity index (χ1n) is 8.22. The molecule has 1 aliphatic carbocycles. The van der Waals surface area contributed by atoms with Gasteiger partial charge in [-0.3, -0.25) is 14.8 Å². The Kier molecular flexibility index (Phi) is 4.53. The first kappa shape index (κ1) is 14.5. The number of nitrogens with one attached hydrogen (secondary N) is 1. The molecule has 6 heteroatoms. The normalized spacial score (nSPS) is 21.1. The van der Waals surface area contributed by atoms with Crippen molar-refractivity contribution in [1.29, 1.82) is 0 Å². The summed E-state index contributed by atoms with van der Waals surface area (Å²) in [5, 5.41) is 6.93. The monoisotopic (exact) mass is 291 g/mol. The number of aryl methyl sites for hydroxylation is 1. The van der Waals surface area contributed by atoms with E-state index in [2.05, 4.69) is 27.0 Å². The number of H-pyrrole nitrogens is 1. The molecule has 0 bridgehead atoms. The van der Waals surface area contributed by atoms with Gasteiger partial charge in [-0.2, -0.15) is 0 Å². The van der Waals surface area contributed by atoms with Gasteiger partial charge in [-0.25, -0.2) is 4.98 Å².